The Kier molecular flexibility index (Phi) is 6.11. The monoisotopic (exact) mass is 329 g/mol. The van der Waals surface area contributed by atoms with Gasteiger partial charge in [0.05, 0.1) is 12.3 Å². The topological polar surface area (TPSA) is 38.7 Å². The third-order valence-electron chi connectivity index (χ3n) is 2.63. The van der Waals surface area contributed by atoms with Gasteiger partial charge < -0.3 is 4.74 Å². The number of esters is 1. The van der Waals surface area contributed by atoms with Crippen molar-refractivity contribution in [2.45, 2.75) is 45.3 Å². The van der Waals surface area contributed by atoms with E-state index in [2.05, 4.69) is 9.13 Å². The third-order valence-corrected chi connectivity index (χ3v) is 3.54. The van der Waals surface area contributed by atoms with Crippen molar-refractivity contribution in [3.63, 3.8) is 0 Å². The number of hydrogen-bond donors (Lipinski definition) is 0. The SMILES string of the molecule is CCOC(=O)C(F)(F)c1cccc(/C(C)=N/SC(C)(C)C)c1. The summed E-state index contributed by atoms with van der Waals surface area (Å²) in [6, 6.07) is 5.66. The molecule has 0 fully saturated rings. The van der Waals surface area contributed by atoms with E-state index >= 15 is 0 Å². The van der Waals surface area contributed by atoms with E-state index in [0.29, 0.717) is 11.3 Å². The Morgan fingerprint density at radius 3 is 2.50 bits per heavy atom. The summed E-state index contributed by atoms with van der Waals surface area (Å²) in [5, 5.41) is 0. The van der Waals surface area contributed by atoms with E-state index in [1.807, 2.05) is 20.8 Å². The summed E-state index contributed by atoms with van der Waals surface area (Å²) in [7, 11) is 0. The van der Waals surface area contributed by atoms with E-state index in [0.717, 1.165) is 0 Å². The highest BCUT2D eigenvalue weighted by atomic mass is 32.2. The van der Waals surface area contributed by atoms with E-state index in [1.54, 1.807) is 13.0 Å². The average Bonchev–Trinajstić information content (AvgIpc) is 2.44. The molecule has 1 aromatic rings. The van der Waals surface area contributed by atoms with Gasteiger partial charge in [-0.2, -0.15) is 8.78 Å². The lowest BCUT2D eigenvalue weighted by molar-refractivity contribution is -0.173. The second-order valence-corrected chi connectivity index (χ2v) is 7.35. The van der Waals surface area contributed by atoms with Crippen LogP contribution in [0.15, 0.2) is 28.7 Å². The molecule has 0 aliphatic heterocycles. The maximum Gasteiger partial charge on any atom is 0.381 e. The third kappa shape index (κ3) is 5.09. The van der Waals surface area contributed by atoms with Gasteiger partial charge in [0.1, 0.15) is 0 Å². The number of halogens is 2. The highest BCUT2D eigenvalue weighted by Crippen LogP contribution is 2.31. The quantitative estimate of drug-likeness (QED) is 0.450. The number of nitrogens with zero attached hydrogens (tertiary/aromatic N) is 1. The zero-order valence-corrected chi connectivity index (χ0v) is 14.3. The predicted molar refractivity (Wildman–Crippen MR) is 86.5 cm³/mol. The summed E-state index contributed by atoms with van der Waals surface area (Å²) >= 11 is 1.37. The number of ether oxygens (including phenoxy) is 1. The van der Waals surface area contributed by atoms with Gasteiger partial charge in [-0.05, 0) is 58.2 Å². The van der Waals surface area contributed by atoms with E-state index in [4.69, 9.17) is 0 Å². The normalized spacial score (nSPS) is 13.1. The van der Waals surface area contributed by atoms with Crippen LogP contribution in [-0.4, -0.2) is 23.0 Å². The Hall–Kier alpha value is -1.43. The first-order valence-electron chi connectivity index (χ1n) is 6.96. The van der Waals surface area contributed by atoms with Crippen molar-refractivity contribution in [2.24, 2.45) is 4.40 Å². The summed E-state index contributed by atoms with van der Waals surface area (Å²) in [6.45, 7) is 9.20. The molecular weight excluding hydrogens is 308 g/mol. The van der Waals surface area contributed by atoms with Gasteiger partial charge in [-0.15, -0.1) is 0 Å². The lowest BCUT2D eigenvalue weighted by Gasteiger charge is -2.16. The minimum absolute atomic E-state index is 0.0618. The van der Waals surface area contributed by atoms with Gasteiger partial charge in [0.2, 0.25) is 0 Å². The molecule has 3 nitrogen and oxygen atoms in total. The van der Waals surface area contributed by atoms with Crippen molar-refractivity contribution in [2.75, 3.05) is 6.61 Å². The summed E-state index contributed by atoms with van der Waals surface area (Å²) < 4.78 is 36.8. The van der Waals surface area contributed by atoms with Crippen LogP contribution in [0.4, 0.5) is 8.78 Å². The molecule has 0 saturated heterocycles. The van der Waals surface area contributed by atoms with Gasteiger partial charge >= 0.3 is 11.9 Å². The molecule has 0 radical (unpaired) electrons. The zero-order valence-electron chi connectivity index (χ0n) is 13.4. The number of carbonyl (C=O) groups is 1. The number of hydrogen-bond acceptors (Lipinski definition) is 4. The molecule has 0 bridgehead atoms. The number of carbonyl (C=O) groups excluding carboxylic acids is 1. The molecule has 6 heteroatoms. The molecule has 1 aromatic carbocycles. The second-order valence-electron chi connectivity index (χ2n) is 5.76. The molecule has 0 aromatic heterocycles. The van der Waals surface area contributed by atoms with E-state index in [-0.39, 0.29) is 11.4 Å². The minimum atomic E-state index is -3.66. The minimum Gasteiger partial charge on any atom is -0.461 e. The Bertz CT molecular complexity index is 566. The van der Waals surface area contributed by atoms with Crippen LogP contribution in [0.2, 0.25) is 0 Å². The summed E-state index contributed by atoms with van der Waals surface area (Å²) in [5.74, 6) is -5.20. The Balaban J connectivity index is 3.06. The van der Waals surface area contributed by atoms with Gasteiger partial charge in [0.15, 0.2) is 0 Å². The van der Waals surface area contributed by atoms with Crippen molar-refractivity contribution in [3.8, 4) is 0 Å². The van der Waals surface area contributed by atoms with Gasteiger partial charge in [-0.3, -0.25) is 0 Å². The fourth-order valence-corrected chi connectivity index (χ4v) is 2.05. The summed E-state index contributed by atoms with van der Waals surface area (Å²) in [6.07, 6.45) is 0. The zero-order chi connectivity index (χ0) is 17.0. The molecule has 0 saturated carbocycles. The Morgan fingerprint density at radius 2 is 1.95 bits per heavy atom. The van der Waals surface area contributed by atoms with Gasteiger partial charge in [0.25, 0.3) is 0 Å². The molecule has 122 valence electrons. The van der Waals surface area contributed by atoms with Crippen molar-refractivity contribution in [1.29, 1.82) is 0 Å². The Labute approximate surface area is 134 Å². The smallest absolute Gasteiger partial charge is 0.381 e. The van der Waals surface area contributed by atoms with E-state index < -0.39 is 17.5 Å². The maximum atomic E-state index is 14.0. The molecule has 0 spiro atoms. The molecule has 1 rings (SSSR count). The van der Waals surface area contributed by atoms with Crippen LogP contribution in [0.3, 0.4) is 0 Å². The van der Waals surface area contributed by atoms with Crippen LogP contribution in [0, 0.1) is 0 Å². The maximum absolute atomic E-state index is 14.0. The lowest BCUT2D eigenvalue weighted by atomic mass is 10.0. The average molecular weight is 329 g/mol. The van der Waals surface area contributed by atoms with Crippen LogP contribution in [0.25, 0.3) is 0 Å². The van der Waals surface area contributed by atoms with Crippen LogP contribution >= 0.6 is 11.9 Å². The summed E-state index contributed by atoms with van der Waals surface area (Å²) in [4.78, 5) is 11.4. The largest absolute Gasteiger partial charge is 0.461 e. The first kappa shape index (κ1) is 18.6. The van der Waals surface area contributed by atoms with Crippen LogP contribution in [0.5, 0.6) is 0 Å². The fraction of sp³-hybridized carbons (Fsp3) is 0.500. The van der Waals surface area contributed by atoms with Gasteiger partial charge in [-0.25, -0.2) is 9.19 Å². The van der Waals surface area contributed by atoms with Crippen LogP contribution in [0.1, 0.15) is 45.7 Å². The molecule has 0 N–H and O–H groups in total. The van der Waals surface area contributed by atoms with Crippen molar-refractivity contribution in [1.82, 2.24) is 0 Å². The Morgan fingerprint density at radius 1 is 1.32 bits per heavy atom. The number of benzene rings is 1. The van der Waals surface area contributed by atoms with Crippen LogP contribution in [-0.2, 0) is 15.5 Å². The predicted octanol–water partition coefficient (Wildman–Crippen LogP) is 4.60. The molecular formula is C16H21F2NO2S. The molecule has 0 aliphatic rings. The highest BCUT2D eigenvalue weighted by Gasteiger charge is 2.42. The first-order chi connectivity index (χ1) is 10.1. The molecule has 0 atom stereocenters. The van der Waals surface area contributed by atoms with Crippen LogP contribution < -0.4 is 0 Å². The standard InChI is InChI=1S/C16H21F2NO2S/c1-6-21-14(20)16(17,18)13-9-7-8-12(10-13)11(2)19-22-15(3,4)5/h7-10H,6H2,1-5H3/b19-11+. The van der Waals surface area contributed by atoms with Crippen molar-refractivity contribution >= 4 is 23.6 Å². The first-order valence-corrected chi connectivity index (χ1v) is 7.74. The van der Waals surface area contributed by atoms with E-state index in [9.17, 15) is 13.6 Å². The van der Waals surface area contributed by atoms with Gasteiger partial charge in [-0.1, -0.05) is 18.2 Å². The molecule has 0 amide bonds. The van der Waals surface area contributed by atoms with Crippen molar-refractivity contribution < 1.29 is 18.3 Å². The lowest BCUT2D eigenvalue weighted by Crippen LogP contribution is -2.28. The van der Waals surface area contributed by atoms with Gasteiger partial charge in [0, 0.05) is 10.3 Å². The molecule has 22 heavy (non-hydrogen) atoms. The molecule has 0 aliphatic carbocycles. The fourth-order valence-electron chi connectivity index (χ4n) is 1.54. The molecule has 0 heterocycles. The second kappa shape index (κ2) is 7.22. The highest BCUT2D eigenvalue weighted by molar-refractivity contribution is 7.99. The number of alkyl halides is 2. The number of rotatable bonds is 5. The van der Waals surface area contributed by atoms with Crippen molar-refractivity contribution in [3.05, 3.63) is 35.4 Å². The molecule has 0 unspecified atom stereocenters. The van der Waals surface area contributed by atoms with E-state index in [1.165, 1.54) is 37.1 Å². The summed E-state index contributed by atoms with van der Waals surface area (Å²) in [5.41, 5.74) is 0.790.